The van der Waals surface area contributed by atoms with Gasteiger partial charge >= 0.3 is 0 Å². The van der Waals surface area contributed by atoms with Crippen LogP contribution in [0.4, 0.5) is 0 Å². The number of ether oxygens (including phenoxy) is 1. The van der Waals surface area contributed by atoms with Crippen LogP contribution < -0.4 is 10.6 Å². The normalized spacial score (nSPS) is 22.1. The van der Waals surface area contributed by atoms with E-state index in [9.17, 15) is 0 Å². The summed E-state index contributed by atoms with van der Waals surface area (Å²) >= 11 is 0. The molecule has 0 aromatic carbocycles. The minimum atomic E-state index is 0.625. The van der Waals surface area contributed by atoms with Crippen LogP contribution in [-0.4, -0.2) is 51.6 Å². The Morgan fingerprint density at radius 2 is 1.37 bits per heavy atom. The zero-order chi connectivity index (χ0) is 14.9. The van der Waals surface area contributed by atoms with Gasteiger partial charge in [-0.1, -0.05) is 33.1 Å². The van der Waals surface area contributed by atoms with E-state index in [4.69, 9.17) is 9.84 Å². The summed E-state index contributed by atoms with van der Waals surface area (Å²) in [4.78, 5) is 0. The van der Waals surface area contributed by atoms with Crippen molar-refractivity contribution in [3.8, 4) is 0 Å². The van der Waals surface area contributed by atoms with Crippen molar-refractivity contribution in [1.82, 2.24) is 10.6 Å². The van der Waals surface area contributed by atoms with Crippen molar-refractivity contribution < 1.29 is 9.84 Å². The fourth-order valence-electron chi connectivity index (χ4n) is 2.15. The number of aliphatic hydroxyl groups is 1. The highest BCUT2D eigenvalue weighted by Crippen LogP contribution is 2.16. The maximum atomic E-state index is 7.00. The molecule has 1 atom stereocenters. The molecule has 3 N–H and O–H groups in total. The molecule has 1 saturated carbocycles. The second kappa shape index (κ2) is 17.8. The minimum Gasteiger partial charge on any atom is -0.400 e. The summed E-state index contributed by atoms with van der Waals surface area (Å²) in [7, 11) is 5.04. The van der Waals surface area contributed by atoms with Gasteiger partial charge in [-0.2, -0.15) is 0 Å². The first kappa shape index (κ1) is 21.1. The molecule has 0 bridgehead atoms. The van der Waals surface area contributed by atoms with Gasteiger partial charge in [0.1, 0.15) is 0 Å². The van der Waals surface area contributed by atoms with Crippen molar-refractivity contribution in [3.05, 3.63) is 0 Å². The number of aliphatic hydroxyl groups excluding tert-OH is 1. The van der Waals surface area contributed by atoms with Crippen LogP contribution in [0.25, 0.3) is 0 Å². The predicted octanol–water partition coefficient (Wildman–Crippen LogP) is 2.17. The van der Waals surface area contributed by atoms with E-state index in [1.54, 1.807) is 0 Å². The van der Waals surface area contributed by atoms with Crippen molar-refractivity contribution in [2.45, 2.75) is 64.5 Å². The molecule has 0 unspecified atom stereocenters. The topological polar surface area (TPSA) is 53.5 Å². The lowest BCUT2D eigenvalue weighted by Gasteiger charge is -2.20. The molecule has 0 spiro atoms. The van der Waals surface area contributed by atoms with E-state index >= 15 is 0 Å². The van der Waals surface area contributed by atoms with Crippen LogP contribution in [0, 0.1) is 0 Å². The van der Waals surface area contributed by atoms with Gasteiger partial charge in [-0.15, -0.1) is 0 Å². The van der Waals surface area contributed by atoms with Gasteiger partial charge in [-0.3, -0.25) is 0 Å². The fraction of sp³-hybridized carbons (Fsp3) is 1.00. The van der Waals surface area contributed by atoms with Gasteiger partial charge in [0, 0.05) is 25.8 Å². The highest BCUT2D eigenvalue weighted by atomic mass is 16.5. The second-order valence-corrected chi connectivity index (χ2v) is 4.47. The summed E-state index contributed by atoms with van der Waals surface area (Å²) in [6, 6.07) is 1.46. The number of hydrogen-bond acceptors (Lipinski definition) is 4. The number of rotatable bonds is 2. The average Bonchev–Trinajstić information content (AvgIpc) is 3.06. The first-order chi connectivity index (χ1) is 9.36. The Hall–Kier alpha value is -0.160. The molecule has 2 fully saturated rings. The van der Waals surface area contributed by atoms with Crippen LogP contribution in [0.2, 0.25) is 0 Å². The number of hydrogen-bond donors (Lipinski definition) is 3. The predicted molar refractivity (Wildman–Crippen MR) is 83.7 cm³/mol. The van der Waals surface area contributed by atoms with Gasteiger partial charge in [0.15, 0.2) is 0 Å². The van der Waals surface area contributed by atoms with Crippen LogP contribution in [0.15, 0.2) is 0 Å². The minimum absolute atomic E-state index is 0.625. The number of nitrogens with one attached hydrogen (secondary N) is 2. The zero-order valence-electron chi connectivity index (χ0n) is 13.7. The molecule has 19 heavy (non-hydrogen) atoms. The molecule has 118 valence electrons. The monoisotopic (exact) mass is 276 g/mol. The largest absolute Gasteiger partial charge is 0.400 e. The average molecular weight is 276 g/mol. The number of likely N-dealkylation sites (N-methyl/N-ethyl adjacent to an activating group) is 1. The van der Waals surface area contributed by atoms with E-state index in [2.05, 4.69) is 17.7 Å². The Morgan fingerprint density at radius 1 is 0.842 bits per heavy atom. The molecular weight excluding hydrogens is 240 g/mol. The van der Waals surface area contributed by atoms with E-state index in [1.165, 1.54) is 38.5 Å². The molecular formula is C15H36N2O2. The SMILES string of the molecule is CC.CNC1CCCCC1.CN[C@@H]1CCOC1.CO. The van der Waals surface area contributed by atoms with Gasteiger partial charge in [0.2, 0.25) is 0 Å². The molecule has 2 rings (SSSR count). The Labute approximate surface area is 120 Å². The summed E-state index contributed by atoms with van der Waals surface area (Å²) in [5.41, 5.74) is 0. The lowest BCUT2D eigenvalue weighted by molar-refractivity contribution is 0.191. The third-order valence-corrected chi connectivity index (χ3v) is 3.35. The van der Waals surface area contributed by atoms with E-state index in [0.29, 0.717) is 6.04 Å². The highest BCUT2D eigenvalue weighted by Gasteiger charge is 2.11. The second-order valence-electron chi connectivity index (χ2n) is 4.47. The summed E-state index contributed by atoms with van der Waals surface area (Å²) in [5.74, 6) is 0. The van der Waals surface area contributed by atoms with Crippen LogP contribution >= 0.6 is 0 Å². The van der Waals surface area contributed by atoms with E-state index in [1.807, 2.05) is 20.9 Å². The van der Waals surface area contributed by atoms with Crippen molar-refractivity contribution >= 4 is 0 Å². The van der Waals surface area contributed by atoms with E-state index in [0.717, 1.165) is 26.4 Å². The third-order valence-electron chi connectivity index (χ3n) is 3.35. The molecule has 4 heteroatoms. The van der Waals surface area contributed by atoms with Crippen molar-refractivity contribution in [2.75, 3.05) is 34.4 Å². The molecule has 4 nitrogen and oxygen atoms in total. The molecule has 0 aromatic heterocycles. The lowest BCUT2D eigenvalue weighted by Crippen LogP contribution is -2.26. The highest BCUT2D eigenvalue weighted by molar-refractivity contribution is 4.69. The van der Waals surface area contributed by atoms with Gasteiger partial charge in [-0.25, -0.2) is 0 Å². The molecule has 2 aliphatic rings. The first-order valence-corrected chi connectivity index (χ1v) is 7.73. The van der Waals surface area contributed by atoms with Crippen LogP contribution in [0.1, 0.15) is 52.4 Å². The molecule has 1 aliphatic heterocycles. The molecule has 0 radical (unpaired) electrons. The van der Waals surface area contributed by atoms with Crippen LogP contribution in [0.3, 0.4) is 0 Å². The molecule has 1 heterocycles. The van der Waals surface area contributed by atoms with Gasteiger partial charge in [-0.05, 0) is 33.4 Å². The Kier molecular flexibility index (Phi) is 19.9. The Balaban J connectivity index is 0. The van der Waals surface area contributed by atoms with Crippen molar-refractivity contribution in [1.29, 1.82) is 0 Å². The van der Waals surface area contributed by atoms with Gasteiger partial charge in [0.25, 0.3) is 0 Å². The summed E-state index contributed by atoms with van der Waals surface area (Å²) in [5, 5.41) is 13.4. The van der Waals surface area contributed by atoms with E-state index in [-0.39, 0.29) is 0 Å². The Morgan fingerprint density at radius 3 is 1.63 bits per heavy atom. The summed E-state index contributed by atoms with van der Waals surface area (Å²) < 4.78 is 5.09. The van der Waals surface area contributed by atoms with Crippen LogP contribution in [-0.2, 0) is 4.74 Å². The van der Waals surface area contributed by atoms with Gasteiger partial charge in [0.05, 0.1) is 6.61 Å². The maximum absolute atomic E-state index is 7.00. The van der Waals surface area contributed by atoms with Gasteiger partial charge < -0.3 is 20.5 Å². The third kappa shape index (κ3) is 12.6. The fourth-order valence-corrected chi connectivity index (χ4v) is 2.15. The molecule has 1 saturated heterocycles. The maximum Gasteiger partial charge on any atom is 0.0620 e. The molecule has 1 aliphatic carbocycles. The molecule has 0 aromatic rings. The molecule has 0 amide bonds. The first-order valence-electron chi connectivity index (χ1n) is 7.73. The van der Waals surface area contributed by atoms with E-state index < -0.39 is 0 Å². The standard InChI is InChI=1S/C7H15N.C5H11NO.C2H6.CH4O/c1-8-7-5-3-2-4-6-7;1-6-5-2-3-7-4-5;2*1-2/h7-8H,2-6H2,1H3;5-6H,2-4H2,1H3;1-2H3;2H,1H3/t;5-;;/m.1../s1. The summed E-state index contributed by atoms with van der Waals surface area (Å²) in [6.07, 6.45) is 8.30. The van der Waals surface area contributed by atoms with Crippen molar-refractivity contribution in [2.24, 2.45) is 0 Å². The quantitative estimate of drug-likeness (QED) is 0.723. The smallest absolute Gasteiger partial charge is 0.0620 e. The summed E-state index contributed by atoms with van der Waals surface area (Å²) in [6.45, 7) is 5.84. The van der Waals surface area contributed by atoms with Crippen LogP contribution in [0.5, 0.6) is 0 Å². The lowest BCUT2D eigenvalue weighted by atomic mass is 9.96. The van der Waals surface area contributed by atoms with Crippen molar-refractivity contribution in [3.63, 3.8) is 0 Å². The zero-order valence-corrected chi connectivity index (χ0v) is 13.7. The Bertz CT molecular complexity index is 145.